The fraction of sp³-hybridized carbons (Fsp3) is 0.286. The number of nitrogens with zero attached hydrogens (tertiary/aromatic N) is 5. The van der Waals surface area contributed by atoms with Crippen LogP contribution in [0.3, 0.4) is 0 Å². The van der Waals surface area contributed by atoms with Gasteiger partial charge in [0.25, 0.3) is 0 Å². The minimum absolute atomic E-state index is 0.139. The Kier molecular flexibility index (Phi) is 7.80. The molecular formula is C28H31N7O3. The van der Waals surface area contributed by atoms with Crippen molar-refractivity contribution in [2.75, 3.05) is 10.2 Å². The molecule has 10 nitrogen and oxygen atoms in total. The molecule has 4 rings (SSSR count). The Bertz CT molecular complexity index is 1430. The van der Waals surface area contributed by atoms with Crippen LogP contribution in [0, 0.1) is 0 Å². The van der Waals surface area contributed by atoms with Gasteiger partial charge in [0.2, 0.25) is 17.7 Å². The van der Waals surface area contributed by atoms with E-state index in [1.165, 1.54) is 16.5 Å². The van der Waals surface area contributed by atoms with Gasteiger partial charge >= 0.3 is 0 Å². The first-order valence-corrected chi connectivity index (χ1v) is 12.4. The van der Waals surface area contributed by atoms with Crippen molar-refractivity contribution in [2.45, 2.75) is 52.2 Å². The van der Waals surface area contributed by atoms with Gasteiger partial charge in [-0.1, -0.05) is 24.3 Å². The smallest absolute Gasteiger partial charge is 0.249 e. The topological polar surface area (TPSA) is 122 Å². The van der Waals surface area contributed by atoms with Gasteiger partial charge in [-0.3, -0.25) is 24.3 Å². The highest BCUT2D eigenvalue weighted by Gasteiger charge is 2.35. The van der Waals surface area contributed by atoms with Gasteiger partial charge < -0.3 is 10.6 Å². The molecule has 38 heavy (non-hydrogen) atoms. The molecule has 0 fully saturated rings. The fourth-order valence-electron chi connectivity index (χ4n) is 4.04. The second-order valence-corrected chi connectivity index (χ2v) is 9.64. The van der Waals surface area contributed by atoms with E-state index >= 15 is 0 Å². The Labute approximate surface area is 221 Å². The summed E-state index contributed by atoms with van der Waals surface area (Å²) in [5.74, 6) is -0.899. The van der Waals surface area contributed by atoms with Crippen molar-refractivity contribution in [1.29, 1.82) is 0 Å². The van der Waals surface area contributed by atoms with Gasteiger partial charge in [-0.05, 0) is 74.4 Å². The van der Waals surface area contributed by atoms with Gasteiger partial charge in [0.05, 0.1) is 5.52 Å². The zero-order chi connectivity index (χ0) is 27.3. The van der Waals surface area contributed by atoms with E-state index in [9.17, 15) is 14.4 Å². The minimum atomic E-state index is -0.988. The molecule has 2 aromatic heterocycles. The standard InChI is InChI=1S/C28H31N7O3/c1-5-28(3,4)31-27(38)26(20-14-16-29-17-15-20)35(22-12-10-21(11-13-22)30-19(2)36)25(37)18-34-24-9-7-6-8-23(24)32-33-34/h6-17,26H,5,18H2,1-4H3,(H,30,36)(H,31,38)/t26-/m1/s1. The zero-order valence-corrected chi connectivity index (χ0v) is 21.9. The molecule has 2 heterocycles. The summed E-state index contributed by atoms with van der Waals surface area (Å²) in [5.41, 5.74) is 2.55. The molecule has 0 saturated carbocycles. The quantitative estimate of drug-likeness (QED) is 0.350. The van der Waals surface area contributed by atoms with Crippen molar-refractivity contribution in [3.05, 3.63) is 78.6 Å². The number of nitrogens with one attached hydrogen (secondary N) is 2. The normalized spacial score (nSPS) is 12.1. The summed E-state index contributed by atoms with van der Waals surface area (Å²) in [4.78, 5) is 45.0. The highest BCUT2D eigenvalue weighted by Crippen LogP contribution is 2.30. The number of amides is 3. The average molecular weight is 514 g/mol. The second-order valence-electron chi connectivity index (χ2n) is 9.64. The van der Waals surface area contributed by atoms with Crippen molar-refractivity contribution in [1.82, 2.24) is 25.3 Å². The zero-order valence-electron chi connectivity index (χ0n) is 21.9. The van der Waals surface area contributed by atoms with E-state index in [2.05, 4.69) is 25.9 Å². The molecular weight excluding hydrogens is 482 g/mol. The van der Waals surface area contributed by atoms with Gasteiger partial charge in [-0.25, -0.2) is 4.68 Å². The van der Waals surface area contributed by atoms with E-state index in [0.717, 1.165) is 0 Å². The number of hydrogen-bond acceptors (Lipinski definition) is 6. The average Bonchev–Trinajstić information content (AvgIpc) is 3.30. The lowest BCUT2D eigenvalue weighted by Crippen LogP contribution is -2.51. The molecule has 2 aromatic carbocycles. The van der Waals surface area contributed by atoms with Gasteiger partial charge in [-0.15, -0.1) is 5.10 Å². The lowest BCUT2D eigenvalue weighted by molar-refractivity contribution is -0.128. The predicted octanol–water partition coefficient (Wildman–Crippen LogP) is 3.86. The number of anilines is 2. The summed E-state index contributed by atoms with van der Waals surface area (Å²) in [7, 11) is 0. The summed E-state index contributed by atoms with van der Waals surface area (Å²) >= 11 is 0. The highest BCUT2D eigenvalue weighted by molar-refractivity contribution is 6.02. The Morgan fingerprint density at radius 3 is 2.34 bits per heavy atom. The highest BCUT2D eigenvalue weighted by atomic mass is 16.2. The number of hydrogen-bond donors (Lipinski definition) is 2. The molecule has 0 bridgehead atoms. The molecule has 0 aliphatic rings. The van der Waals surface area contributed by atoms with Crippen LogP contribution in [0.4, 0.5) is 11.4 Å². The molecule has 0 saturated heterocycles. The van der Waals surface area contributed by atoms with Crippen molar-refractivity contribution in [2.24, 2.45) is 0 Å². The number of para-hydroxylation sites is 1. The molecule has 0 radical (unpaired) electrons. The second kappa shape index (κ2) is 11.2. The van der Waals surface area contributed by atoms with Gasteiger partial charge in [0.15, 0.2) is 0 Å². The molecule has 4 aromatic rings. The lowest BCUT2D eigenvalue weighted by Gasteiger charge is -2.34. The van der Waals surface area contributed by atoms with Crippen LogP contribution >= 0.6 is 0 Å². The number of aromatic nitrogens is 4. The molecule has 196 valence electrons. The van der Waals surface area contributed by atoms with Crippen LogP contribution in [0.25, 0.3) is 11.0 Å². The largest absolute Gasteiger partial charge is 0.349 e. The Morgan fingerprint density at radius 1 is 1.00 bits per heavy atom. The molecule has 0 spiro atoms. The van der Waals surface area contributed by atoms with Crippen molar-refractivity contribution in [3.63, 3.8) is 0 Å². The molecule has 10 heteroatoms. The summed E-state index contributed by atoms with van der Waals surface area (Å²) in [5, 5.41) is 14.1. The number of rotatable bonds is 9. The van der Waals surface area contributed by atoms with Crippen LogP contribution < -0.4 is 15.5 Å². The number of pyridine rings is 1. The van der Waals surface area contributed by atoms with E-state index < -0.39 is 11.6 Å². The van der Waals surface area contributed by atoms with Crippen molar-refractivity contribution >= 4 is 40.1 Å². The maximum absolute atomic E-state index is 14.0. The van der Waals surface area contributed by atoms with E-state index in [-0.39, 0.29) is 24.3 Å². The Balaban J connectivity index is 1.80. The first-order chi connectivity index (χ1) is 18.2. The van der Waals surface area contributed by atoms with E-state index in [1.807, 2.05) is 45.0 Å². The van der Waals surface area contributed by atoms with Gasteiger partial charge in [0, 0.05) is 36.2 Å². The van der Waals surface area contributed by atoms with E-state index in [0.29, 0.717) is 34.4 Å². The summed E-state index contributed by atoms with van der Waals surface area (Å²) in [6.07, 6.45) is 3.88. The summed E-state index contributed by atoms with van der Waals surface area (Å²) in [6, 6.07) is 16.6. The molecule has 0 unspecified atom stereocenters. The first-order valence-electron chi connectivity index (χ1n) is 12.4. The monoisotopic (exact) mass is 513 g/mol. The van der Waals surface area contributed by atoms with Crippen LogP contribution in [-0.4, -0.2) is 43.2 Å². The van der Waals surface area contributed by atoms with Crippen LogP contribution in [0.2, 0.25) is 0 Å². The van der Waals surface area contributed by atoms with Crippen molar-refractivity contribution < 1.29 is 14.4 Å². The molecule has 0 aliphatic carbocycles. The minimum Gasteiger partial charge on any atom is -0.349 e. The van der Waals surface area contributed by atoms with Crippen LogP contribution in [0.5, 0.6) is 0 Å². The third-order valence-electron chi connectivity index (χ3n) is 6.31. The molecule has 2 N–H and O–H groups in total. The number of fused-ring (bicyclic) bond motifs is 1. The Hall–Kier alpha value is -4.60. The fourth-order valence-corrected chi connectivity index (χ4v) is 4.04. The summed E-state index contributed by atoms with van der Waals surface area (Å²) < 4.78 is 1.52. The van der Waals surface area contributed by atoms with Crippen LogP contribution in [0.1, 0.15) is 45.7 Å². The van der Waals surface area contributed by atoms with E-state index in [4.69, 9.17) is 0 Å². The number of benzene rings is 2. The van der Waals surface area contributed by atoms with Gasteiger partial charge in [-0.2, -0.15) is 0 Å². The van der Waals surface area contributed by atoms with E-state index in [1.54, 1.807) is 48.8 Å². The third-order valence-corrected chi connectivity index (χ3v) is 6.31. The molecule has 0 aliphatic heterocycles. The maximum atomic E-state index is 14.0. The third kappa shape index (κ3) is 6.03. The number of carbonyl (C=O) groups excluding carboxylic acids is 3. The lowest BCUT2D eigenvalue weighted by atomic mass is 9.98. The first kappa shape index (κ1) is 26.5. The van der Waals surface area contributed by atoms with Gasteiger partial charge in [0.1, 0.15) is 18.1 Å². The SMILES string of the molecule is CCC(C)(C)NC(=O)[C@@H](c1ccncc1)N(C(=O)Cn1nnc2ccccc21)c1ccc(NC(C)=O)cc1. The molecule has 1 atom stereocenters. The Morgan fingerprint density at radius 2 is 1.68 bits per heavy atom. The van der Waals surface area contributed by atoms with Crippen LogP contribution in [-0.2, 0) is 20.9 Å². The predicted molar refractivity (Wildman–Crippen MR) is 145 cm³/mol. The van der Waals surface area contributed by atoms with Crippen molar-refractivity contribution in [3.8, 4) is 0 Å². The number of carbonyl (C=O) groups is 3. The molecule has 3 amide bonds. The van der Waals surface area contributed by atoms with Crippen LogP contribution in [0.15, 0.2) is 73.1 Å². The maximum Gasteiger partial charge on any atom is 0.249 e. The summed E-state index contributed by atoms with van der Waals surface area (Å²) in [6.45, 7) is 7.14.